The number of thioether (sulfide) groups is 2. The molecule has 1 aromatic carbocycles. The molecule has 1 aliphatic rings. The van der Waals surface area contributed by atoms with E-state index in [0.717, 1.165) is 6.54 Å². The molecule has 0 saturated heterocycles. The zero-order chi connectivity index (χ0) is 9.26. The number of benzene rings is 1. The Balaban J connectivity index is 2.32. The molecule has 0 amide bonds. The minimum Gasteiger partial charge on any atom is -0.383 e. The van der Waals surface area contributed by atoms with E-state index < -0.39 is 0 Å². The van der Waals surface area contributed by atoms with Gasteiger partial charge < -0.3 is 5.32 Å². The Morgan fingerprint density at radius 1 is 1.54 bits per heavy atom. The number of hydrogen-bond donors (Lipinski definition) is 1. The number of nitrogens with one attached hydrogen (secondary N) is 1. The lowest BCUT2D eigenvalue weighted by atomic mass is 10.3. The molecule has 1 nitrogen and oxygen atoms in total. The van der Waals surface area contributed by atoms with E-state index in [1.807, 2.05) is 11.8 Å². The molecule has 3 heteroatoms. The summed E-state index contributed by atoms with van der Waals surface area (Å²) in [6.07, 6.45) is 2.12. The first kappa shape index (κ1) is 9.28. The fourth-order valence-electron chi connectivity index (χ4n) is 1.39. The minimum atomic E-state index is 0.685. The average molecular weight is 211 g/mol. The molecular weight excluding hydrogens is 198 g/mol. The molecule has 13 heavy (non-hydrogen) atoms. The Bertz CT molecular complexity index is 312. The second kappa shape index (κ2) is 3.84. The Kier molecular flexibility index (Phi) is 2.74. The summed E-state index contributed by atoms with van der Waals surface area (Å²) in [6, 6.07) is 6.63. The Morgan fingerprint density at radius 3 is 3.15 bits per heavy atom. The van der Waals surface area contributed by atoms with E-state index in [2.05, 4.69) is 36.7 Å². The van der Waals surface area contributed by atoms with Crippen molar-refractivity contribution >= 4 is 29.2 Å². The molecule has 1 atom stereocenters. The van der Waals surface area contributed by atoms with Crippen LogP contribution < -0.4 is 5.32 Å². The van der Waals surface area contributed by atoms with E-state index in [0.29, 0.717) is 5.25 Å². The Labute approximate surface area is 87.7 Å². The molecule has 1 aliphatic heterocycles. The maximum Gasteiger partial charge on any atom is 0.0479 e. The predicted octanol–water partition coefficient (Wildman–Crippen LogP) is 3.31. The fourth-order valence-corrected chi connectivity index (χ4v) is 2.96. The molecule has 0 saturated carbocycles. The molecule has 1 heterocycles. The Hall–Kier alpha value is -0.280. The quantitative estimate of drug-likeness (QED) is 0.716. The lowest BCUT2D eigenvalue weighted by Crippen LogP contribution is -2.18. The third-order valence-electron chi connectivity index (χ3n) is 2.10. The second-order valence-electron chi connectivity index (χ2n) is 3.17. The summed E-state index contributed by atoms with van der Waals surface area (Å²) in [7, 11) is 0. The van der Waals surface area contributed by atoms with Crippen LogP contribution in [0.25, 0.3) is 0 Å². The van der Waals surface area contributed by atoms with Gasteiger partial charge in [0, 0.05) is 27.3 Å². The normalized spacial score (nSPS) is 20.6. The summed E-state index contributed by atoms with van der Waals surface area (Å²) in [5.74, 6) is 0. The summed E-state index contributed by atoms with van der Waals surface area (Å²) in [4.78, 5) is 2.74. The van der Waals surface area contributed by atoms with E-state index in [-0.39, 0.29) is 0 Å². The van der Waals surface area contributed by atoms with E-state index in [9.17, 15) is 0 Å². The third kappa shape index (κ3) is 1.97. The second-order valence-corrected chi connectivity index (χ2v) is 5.53. The third-order valence-corrected chi connectivity index (χ3v) is 3.98. The van der Waals surface area contributed by atoms with Crippen LogP contribution in [0.2, 0.25) is 0 Å². The van der Waals surface area contributed by atoms with Crippen molar-refractivity contribution in [3.8, 4) is 0 Å². The van der Waals surface area contributed by atoms with Gasteiger partial charge in [-0.2, -0.15) is 0 Å². The van der Waals surface area contributed by atoms with Gasteiger partial charge in [0.05, 0.1) is 0 Å². The summed E-state index contributed by atoms with van der Waals surface area (Å²) in [5, 5.41) is 4.12. The molecule has 0 spiro atoms. The molecule has 1 N–H and O–H groups in total. The summed E-state index contributed by atoms with van der Waals surface area (Å²) >= 11 is 3.77. The number of hydrogen-bond acceptors (Lipinski definition) is 3. The zero-order valence-corrected chi connectivity index (χ0v) is 9.47. The highest BCUT2D eigenvalue weighted by molar-refractivity contribution is 8.00. The maximum absolute atomic E-state index is 3.43. The van der Waals surface area contributed by atoms with Crippen LogP contribution in [0.5, 0.6) is 0 Å². The molecule has 1 unspecified atom stereocenters. The number of rotatable bonds is 1. The van der Waals surface area contributed by atoms with Gasteiger partial charge in [-0.1, -0.05) is 6.92 Å². The van der Waals surface area contributed by atoms with Gasteiger partial charge in [0.25, 0.3) is 0 Å². The topological polar surface area (TPSA) is 12.0 Å². The van der Waals surface area contributed by atoms with Crippen LogP contribution >= 0.6 is 23.5 Å². The Morgan fingerprint density at radius 2 is 2.38 bits per heavy atom. The predicted molar refractivity (Wildman–Crippen MR) is 62.0 cm³/mol. The summed E-state index contributed by atoms with van der Waals surface area (Å²) < 4.78 is 0. The molecule has 0 bridgehead atoms. The van der Waals surface area contributed by atoms with Crippen LogP contribution in [0, 0.1) is 0 Å². The fraction of sp³-hybridized carbons (Fsp3) is 0.400. The maximum atomic E-state index is 3.43. The molecule has 0 radical (unpaired) electrons. The molecule has 70 valence electrons. The van der Waals surface area contributed by atoms with Gasteiger partial charge in [0.1, 0.15) is 0 Å². The van der Waals surface area contributed by atoms with Crippen molar-refractivity contribution in [1.29, 1.82) is 0 Å². The van der Waals surface area contributed by atoms with Crippen molar-refractivity contribution in [2.24, 2.45) is 0 Å². The van der Waals surface area contributed by atoms with Gasteiger partial charge in [-0.25, -0.2) is 0 Å². The molecular formula is C10H13NS2. The SMILES string of the molecule is CSc1ccc2c(c1)SC(C)CN2. The van der Waals surface area contributed by atoms with Gasteiger partial charge in [-0.3, -0.25) is 0 Å². The van der Waals surface area contributed by atoms with E-state index in [4.69, 9.17) is 0 Å². The van der Waals surface area contributed by atoms with Crippen molar-refractivity contribution < 1.29 is 0 Å². The lowest BCUT2D eigenvalue weighted by Gasteiger charge is -2.23. The van der Waals surface area contributed by atoms with Crippen LogP contribution in [-0.2, 0) is 0 Å². The first-order chi connectivity index (χ1) is 6.29. The first-order valence-corrected chi connectivity index (χ1v) is 6.48. The van der Waals surface area contributed by atoms with Crippen molar-refractivity contribution in [2.45, 2.75) is 22.0 Å². The molecule has 0 aliphatic carbocycles. The van der Waals surface area contributed by atoms with Gasteiger partial charge in [0.15, 0.2) is 0 Å². The summed E-state index contributed by atoms with van der Waals surface area (Å²) in [5.41, 5.74) is 1.29. The number of anilines is 1. The first-order valence-electron chi connectivity index (χ1n) is 4.38. The minimum absolute atomic E-state index is 0.685. The van der Waals surface area contributed by atoms with Crippen LogP contribution in [0.3, 0.4) is 0 Å². The van der Waals surface area contributed by atoms with Crippen LogP contribution in [0.15, 0.2) is 28.0 Å². The van der Waals surface area contributed by atoms with Crippen molar-refractivity contribution in [3.05, 3.63) is 18.2 Å². The van der Waals surface area contributed by atoms with E-state index in [1.165, 1.54) is 15.5 Å². The van der Waals surface area contributed by atoms with Gasteiger partial charge in [-0.15, -0.1) is 23.5 Å². The van der Waals surface area contributed by atoms with E-state index >= 15 is 0 Å². The van der Waals surface area contributed by atoms with Crippen LogP contribution in [0.4, 0.5) is 5.69 Å². The summed E-state index contributed by atoms with van der Waals surface area (Å²) in [6.45, 7) is 3.34. The zero-order valence-electron chi connectivity index (χ0n) is 7.83. The lowest BCUT2D eigenvalue weighted by molar-refractivity contribution is 0.971. The molecule has 0 fully saturated rings. The molecule has 2 rings (SSSR count). The van der Waals surface area contributed by atoms with Crippen molar-refractivity contribution in [2.75, 3.05) is 18.1 Å². The van der Waals surface area contributed by atoms with Gasteiger partial charge in [-0.05, 0) is 24.5 Å². The molecule has 0 aromatic heterocycles. The monoisotopic (exact) mass is 211 g/mol. The highest BCUT2D eigenvalue weighted by Crippen LogP contribution is 2.36. The van der Waals surface area contributed by atoms with Crippen LogP contribution in [-0.4, -0.2) is 18.1 Å². The highest BCUT2D eigenvalue weighted by atomic mass is 32.2. The van der Waals surface area contributed by atoms with E-state index in [1.54, 1.807) is 11.8 Å². The largest absolute Gasteiger partial charge is 0.383 e. The standard InChI is InChI=1S/C10H13NS2/c1-7-6-11-9-4-3-8(12-2)5-10(9)13-7/h3-5,7,11H,6H2,1-2H3. The number of fused-ring (bicyclic) bond motifs is 1. The van der Waals surface area contributed by atoms with Crippen molar-refractivity contribution in [3.63, 3.8) is 0 Å². The molecule has 1 aromatic rings. The van der Waals surface area contributed by atoms with Gasteiger partial charge >= 0.3 is 0 Å². The van der Waals surface area contributed by atoms with Crippen molar-refractivity contribution in [1.82, 2.24) is 0 Å². The average Bonchev–Trinajstić information content (AvgIpc) is 2.16. The van der Waals surface area contributed by atoms with Gasteiger partial charge in [0.2, 0.25) is 0 Å². The van der Waals surface area contributed by atoms with Crippen LogP contribution in [0.1, 0.15) is 6.92 Å². The smallest absolute Gasteiger partial charge is 0.0479 e. The highest BCUT2D eigenvalue weighted by Gasteiger charge is 2.14.